The van der Waals surface area contributed by atoms with E-state index in [0.29, 0.717) is 6.54 Å². The highest BCUT2D eigenvalue weighted by atomic mass is 15.3. The Hall–Kier alpha value is -1.36. The van der Waals surface area contributed by atoms with E-state index in [0.717, 1.165) is 17.0 Å². The lowest BCUT2D eigenvalue weighted by Crippen LogP contribution is -1.99. The number of fused-ring (bicyclic) bond motifs is 1. The molecule has 0 spiro atoms. The molecule has 5 nitrogen and oxygen atoms in total. The maximum absolute atomic E-state index is 5.40. The summed E-state index contributed by atoms with van der Waals surface area (Å²) in [5, 5.41) is 4.01. The van der Waals surface area contributed by atoms with Gasteiger partial charge in [0.25, 0.3) is 0 Å². The largest absolute Gasteiger partial charge is 0.338 e. The summed E-state index contributed by atoms with van der Waals surface area (Å²) in [6, 6.07) is 0. The van der Waals surface area contributed by atoms with Gasteiger partial charge in [0.05, 0.1) is 12.7 Å². The summed E-state index contributed by atoms with van der Waals surface area (Å²) in [6.07, 6.45) is 1.74. The molecule has 2 heterocycles. The third-order valence-corrected chi connectivity index (χ3v) is 1.62. The van der Waals surface area contributed by atoms with Crippen LogP contribution in [0.3, 0.4) is 0 Å². The van der Waals surface area contributed by atoms with Crippen molar-refractivity contribution in [3.05, 3.63) is 12.0 Å². The highest BCUT2D eigenvalue weighted by molar-refractivity contribution is 5.70. The first kappa shape index (κ1) is 6.36. The Morgan fingerprint density at radius 3 is 3.18 bits per heavy atom. The standard InChI is InChI=1S/C6H9N5/c1-11-6-4(3-8-11)9-5(2-7)10-6/h3H,2,7H2,1H3,(H,9,10). The molecule has 0 aliphatic carbocycles. The van der Waals surface area contributed by atoms with Crippen LogP contribution in [0.15, 0.2) is 6.20 Å². The monoisotopic (exact) mass is 151 g/mol. The molecule has 0 amide bonds. The lowest BCUT2D eigenvalue weighted by Gasteiger charge is -1.86. The summed E-state index contributed by atoms with van der Waals surface area (Å²) in [7, 11) is 1.85. The number of aromatic amines is 1. The van der Waals surface area contributed by atoms with Crippen LogP contribution < -0.4 is 5.73 Å². The summed E-state index contributed by atoms with van der Waals surface area (Å²) in [5.41, 5.74) is 7.19. The predicted molar refractivity (Wildman–Crippen MR) is 40.8 cm³/mol. The summed E-state index contributed by atoms with van der Waals surface area (Å²) in [6.45, 7) is 0.439. The quantitative estimate of drug-likeness (QED) is 0.590. The second-order valence-corrected chi connectivity index (χ2v) is 2.39. The zero-order valence-corrected chi connectivity index (χ0v) is 6.20. The zero-order valence-electron chi connectivity index (χ0n) is 6.20. The van der Waals surface area contributed by atoms with E-state index < -0.39 is 0 Å². The van der Waals surface area contributed by atoms with Crippen molar-refractivity contribution in [3.63, 3.8) is 0 Å². The van der Waals surface area contributed by atoms with E-state index in [2.05, 4.69) is 15.1 Å². The molecule has 0 unspecified atom stereocenters. The van der Waals surface area contributed by atoms with E-state index in [-0.39, 0.29) is 0 Å². The minimum Gasteiger partial charge on any atom is -0.338 e. The fourth-order valence-corrected chi connectivity index (χ4v) is 1.06. The van der Waals surface area contributed by atoms with Crippen molar-refractivity contribution in [2.24, 2.45) is 12.8 Å². The van der Waals surface area contributed by atoms with E-state index in [1.54, 1.807) is 10.9 Å². The fraction of sp³-hybridized carbons (Fsp3) is 0.333. The average Bonchev–Trinajstić information content (AvgIpc) is 2.53. The topological polar surface area (TPSA) is 72.5 Å². The number of hydrogen-bond donors (Lipinski definition) is 2. The van der Waals surface area contributed by atoms with Crippen molar-refractivity contribution in [3.8, 4) is 0 Å². The number of H-pyrrole nitrogens is 1. The second kappa shape index (κ2) is 2.06. The molecule has 2 aromatic heterocycles. The van der Waals surface area contributed by atoms with Gasteiger partial charge < -0.3 is 10.7 Å². The number of aryl methyl sites for hydroxylation is 1. The predicted octanol–water partition coefficient (Wildman–Crippen LogP) is -0.245. The van der Waals surface area contributed by atoms with Crippen molar-refractivity contribution in [2.75, 3.05) is 0 Å². The number of nitrogens with two attached hydrogens (primary N) is 1. The molecule has 0 radical (unpaired) electrons. The van der Waals surface area contributed by atoms with Crippen molar-refractivity contribution >= 4 is 11.2 Å². The zero-order chi connectivity index (χ0) is 7.84. The molecule has 11 heavy (non-hydrogen) atoms. The summed E-state index contributed by atoms with van der Waals surface area (Å²) < 4.78 is 1.71. The van der Waals surface area contributed by atoms with E-state index in [4.69, 9.17) is 5.73 Å². The Balaban J connectivity index is 2.70. The Kier molecular flexibility index (Phi) is 1.19. The van der Waals surface area contributed by atoms with Crippen LogP contribution in [-0.4, -0.2) is 19.7 Å². The van der Waals surface area contributed by atoms with E-state index in [1.165, 1.54) is 0 Å². The van der Waals surface area contributed by atoms with Crippen LogP contribution >= 0.6 is 0 Å². The third kappa shape index (κ3) is 0.813. The number of nitrogens with one attached hydrogen (secondary N) is 1. The SMILES string of the molecule is Cn1ncc2[nH]c(CN)nc21. The van der Waals surface area contributed by atoms with E-state index >= 15 is 0 Å². The normalized spacial score (nSPS) is 11.1. The van der Waals surface area contributed by atoms with Gasteiger partial charge in [-0.3, -0.25) is 0 Å². The van der Waals surface area contributed by atoms with Crippen LogP contribution in [0.4, 0.5) is 0 Å². The third-order valence-electron chi connectivity index (χ3n) is 1.62. The summed E-state index contributed by atoms with van der Waals surface area (Å²) in [5.74, 6) is 0.799. The van der Waals surface area contributed by atoms with Gasteiger partial charge in [0.2, 0.25) is 0 Å². The van der Waals surface area contributed by atoms with Crippen LogP contribution in [0, 0.1) is 0 Å². The fourth-order valence-electron chi connectivity index (χ4n) is 1.06. The lowest BCUT2D eigenvalue weighted by molar-refractivity contribution is 0.781. The van der Waals surface area contributed by atoms with Gasteiger partial charge in [0.15, 0.2) is 5.65 Å². The van der Waals surface area contributed by atoms with Crippen LogP contribution in [-0.2, 0) is 13.6 Å². The first-order chi connectivity index (χ1) is 5.31. The second-order valence-electron chi connectivity index (χ2n) is 2.39. The highest BCUT2D eigenvalue weighted by Gasteiger charge is 2.03. The van der Waals surface area contributed by atoms with Gasteiger partial charge in [-0.25, -0.2) is 9.67 Å². The number of imidazole rings is 1. The van der Waals surface area contributed by atoms with Gasteiger partial charge in [-0.2, -0.15) is 5.10 Å². The lowest BCUT2D eigenvalue weighted by atomic mass is 10.6. The van der Waals surface area contributed by atoms with Crippen molar-refractivity contribution in [1.29, 1.82) is 0 Å². The molecule has 0 aliphatic rings. The first-order valence-corrected chi connectivity index (χ1v) is 3.38. The molecule has 2 rings (SSSR count). The van der Waals surface area contributed by atoms with E-state index in [9.17, 15) is 0 Å². The molecule has 0 bridgehead atoms. The van der Waals surface area contributed by atoms with Gasteiger partial charge in [-0.15, -0.1) is 0 Å². The van der Waals surface area contributed by atoms with Crippen LogP contribution in [0.1, 0.15) is 5.82 Å². The van der Waals surface area contributed by atoms with Crippen LogP contribution in [0.25, 0.3) is 11.2 Å². The van der Waals surface area contributed by atoms with Gasteiger partial charge in [0.1, 0.15) is 11.3 Å². The van der Waals surface area contributed by atoms with E-state index in [1.807, 2.05) is 7.05 Å². The van der Waals surface area contributed by atoms with Crippen LogP contribution in [0.2, 0.25) is 0 Å². The van der Waals surface area contributed by atoms with Gasteiger partial charge in [0, 0.05) is 7.05 Å². The Bertz CT molecular complexity index is 371. The molecule has 0 saturated carbocycles. The molecule has 2 aromatic rings. The Labute approximate surface area is 63.2 Å². The molecule has 3 N–H and O–H groups in total. The number of nitrogens with zero attached hydrogens (tertiary/aromatic N) is 3. The van der Waals surface area contributed by atoms with Gasteiger partial charge >= 0.3 is 0 Å². The molecular weight excluding hydrogens is 142 g/mol. The van der Waals surface area contributed by atoms with Gasteiger partial charge in [-0.05, 0) is 0 Å². The number of rotatable bonds is 1. The molecule has 0 aliphatic heterocycles. The van der Waals surface area contributed by atoms with Crippen molar-refractivity contribution in [2.45, 2.75) is 6.54 Å². The number of hydrogen-bond acceptors (Lipinski definition) is 3. The Morgan fingerprint density at radius 2 is 2.55 bits per heavy atom. The van der Waals surface area contributed by atoms with Gasteiger partial charge in [-0.1, -0.05) is 0 Å². The Morgan fingerprint density at radius 1 is 1.73 bits per heavy atom. The minimum absolute atomic E-state index is 0.439. The first-order valence-electron chi connectivity index (χ1n) is 3.38. The average molecular weight is 151 g/mol. The maximum Gasteiger partial charge on any atom is 0.176 e. The highest BCUT2D eigenvalue weighted by Crippen LogP contribution is 2.07. The van der Waals surface area contributed by atoms with Crippen LogP contribution in [0.5, 0.6) is 0 Å². The molecule has 0 atom stereocenters. The maximum atomic E-state index is 5.40. The summed E-state index contributed by atoms with van der Waals surface area (Å²) >= 11 is 0. The summed E-state index contributed by atoms with van der Waals surface area (Å²) in [4.78, 5) is 7.26. The molecular formula is C6H9N5. The molecule has 5 heteroatoms. The number of aromatic nitrogens is 4. The molecule has 0 fully saturated rings. The van der Waals surface area contributed by atoms with Crippen molar-refractivity contribution < 1.29 is 0 Å². The molecule has 0 aromatic carbocycles. The molecule has 0 saturated heterocycles. The molecule has 58 valence electrons. The smallest absolute Gasteiger partial charge is 0.176 e. The van der Waals surface area contributed by atoms with Crippen molar-refractivity contribution in [1.82, 2.24) is 19.7 Å². The minimum atomic E-state index is 0.439.